The van der Waals surface area contributed by atoms with E-state index >= 15 is 0 Å². The molecular formula is C11H17BrN4. The number of halogens is 1. The normalized spacial score (nSPS) is 12.2. The molecule has 1 unspecified atom stereocenters. The average molecular weight is 285 g/mol. The number of nitriles is 1. The average Bonchev–Trinajstić information content (AvgIpc) is 2.52. The van der Waals surface area contributed by atoms with Crippen LogP contribution in [-0.4, -0.2) is 22.9 Å². The van der Waals surface area contributed by atoms with E-state index in [9.17, 15) is 0 Å². The van der Waals surface area contributed by atoms with Gasteiger partial charge in [0.1, 0.15) is 5.82 Å². The molecule has 4 nitrogen and oxygen atoms in total. The second kappa shape index (κ2) is 5.35. The van der Waals surface area contributed by atoms with Crippen LogP contribution in [0.3, 0.4) is 0 Å². The predicted molar refractivity (Wildman–Crippen MR) is 68.7 cm³/mol. The quantitative estimate of drug-likeness (QED) is 0.798. The van der Waals surface area contributed by atoms with Crippen LogP contribution in [0.5, 0.6) is 0 Å². The van der Waals surface area contributed by atoms with Crippen LogP contribution >= 0.6 is 15.9 Å². The highest BCUT2D eigenvalue weighted by atomic mass is 79.9. The first-order valence-corrected chi connectivity index (χ1v) is 6.33. The molecule has 0 N–H and O–H groups in total. The molecule has 0 spiro atoms. The van der Waals surface area contributed by atoms with E-state index in [0.29, 0.717) is 6.42 Å². The summed E-state index contributed by atoms with van der Waals surface area (Å²) in [4.78, 5) is 2.11. The lowest BCUT2D eigenvalue weighted by Gasteiger charge is -2.26. The van der Waals surface area contributed by atoms with Crippen molar-refractivity contribution >= 4 is 21.7 Å². The van der Waals surface area contributed by atoms with Gasteiger partial charge in [0.2, 0.25) is 0 Å². The van der Waals surface area contributed by atoms with Crippen molar-refractivity contribution in [3.63, 3.8) is 0 Å². The van der Waals surface area contributed by atoms with Crippen molar-refractivity contribution in [2.45, 2.75) is 31.6 Å². The first-order valence-electron chi connectivity index (χ1n) is 5.21. The van der Waals surface area contributed by atoms with Crippen LogP contribution in [0, 0.1) is 18.3 Å². The van der Waals surface area contributed by atoms with Crippen molar-refractivity contribution in [3.8, 4) is 6.07 Å². The standard InChI is InChI=1S/C11H17BrN4/c1-8(5-6-13)15(3)11-10(7-12)9(2)14-16(11)4/h8H,5,7H2,1-4H3. The molecule has 0 saturated carbocycles. The molecule has 5 heteroatoms. The molecule has 0 aliphatic heterocycles. The zero-order chi connectivity index (χ0) is 12.3. The minimum Gasteiger partial charge on any atom is -0.356 e. The molecule has 88 valence electrons. The van der Waals surface area contributed by atoms with Gasteiger partial charge in [-0.3, -0.25) is 4.68 Å². The van der Waals surface area contributed by atoms with Crippen molar-refractivity contribution in [1.29, 1.82) is 5.26 Å². The van der Waals surface area contributed by atoms with Crippen molar-refractivity contribution < 1.29 is 0 Å². The van der Waals surface area contributed by atoms with Crippen molar-refractivity contribution in [2.75, 3.05) is 11.9 Å². The van der Waals surface area contributed by atoms with Gasteiger partial charge < -0.3 is 4.90 Å². The Balaban J connectivity index is 3.07. The first kappa shape index (κ1) is 13.0. The van der Waals surface area contributed by atoms with Crippen LogP contribution in [-0.2, 0) is 12.4 Å². The Morgan fingerprint density at radius 3 is 2.75 bits per heavy atom. The highest BCUT2D eigenvalue weighted by Crippen LogP contribution is 2.26. The van der Waals surface area contributed by atoms with E-state index in [1.165, 1.54) is 5.56 Å². The maximum Gasteiger partial charge on any atom is 0.130 e. The lowest BCUT2D eigenvalue weighted by Crippen LogP contribution is -2.30. The van der Waals surface area contributed by atoms with Gasteiger partial charge in [0.15, 0.2) is 0 Å². The zero-order valence-corrected chi connectivity index (χ0v) is 11.7. The SMILES string of the molecule is Cc1nn(C)c(N(C)C(C)CC#N)c1CBr. The van der Waals surface area contributed by atoms with Gasteiger partial charge in [-0.1, -0.05) is 15.9 Å². The fourth-order valence-electron chi connectivity index (χ4n) is 1.77. The van der Waals surface area contributed by atoms with Crippen LogP contribution in [0.15, 0.2) is 0 Å². The van der Waals surface area contributed by atoms with Crippen molar-refractivity contribution in [1.82, 2.24) is 9.78 Å². The maximum absolute atomic E-state index is 8.73. The Labute approximate surface area is 105 Å². The summed E-state index contributed by atoms with van der Waals surface area (Å²) in [6.07, 6.45) is 0.516. The van der Waals surface area contributed by atoms with E-state index in [1.807, 2.05) is 32.6 Å². The molecule has 16 heavy (non-hydrogen) atoms. The molecule has 0 aromatic carbocycles. The maximum atomic E-state index is 8.73. The van der Waals surface area contributed by atoms with Gasteiger partial charge in [-0.05, 0) is 13.8 Å². The summed E-state index contributed by atoms with van der Waals surface area (Å²) < 4.78 is 1.87. The van der Waals surface area contributed by atoms with Crippen LogP contribution in [0.4, 0.5) is 5.82 Å². The minimum atomic E-state index is 0.192. The topological polar surface area (TPSA) is 44.9 Å². The van der Waals surface area contributed by atoms with Crippen LogP contribution < -0.4 is 4.90 Å². The molecule has 0 aliphatic carbocycles. The summed E-state index contributed by atoms with van der Waals surface area (Å²) in [5.74, 6) is 1.08. The van der Waals surface area contributed by atoms with Gasteiger partial charge in [0, 0.05) is 31.0 Å². The molecule has 1 rings (SSSR count). The second-order valence-electron chi connectivity index (χ2n) is 3.97. The van der Waals surface area contributed by atoms with E-state index in [1.54, 1.807) is 0 Å². The number of rotatable bonds is 4. The fourth-order valence-corrected chi connectivity index (χ4v) is 2.42. The Kier molecular flexibility index (Phi) is 4.36. The smallest absolute Gasteiger partial charge is 0.130 e. The molecular weight excluding hydrogens is 268 g/mol. The van der Waals surface area contributed by atoms with Gasteiger partial charge in [-0.2, -0.15) is 10.4 Å². The summed E-state index contributed by atoms with van der Waals surface area (Å²) in [6.45, 7) is 4.05. The number of hydrogen-bond acceptors (Lipinski definition) is 3. The van der Waals surface area contributed by atoms with Crippen LogP contribution in [0.1, 0.15) is 24.6 Å². The number of aryl methyl sites for hydroxylation is 2. The third-order valence-electron chi connectivity index (χ3n) is 2.83. The third-order valence-corrected chi connectivity index (χ3v) is 3.39. The molecule has 1 aromatic rings. The lowest BCUT2D eigenvalue weighted by molar-refractivity contribution is 0.653. The summed E-state index contributed by atoms with van der Waals surface area (Å²) in [6, 6.07) is 2.39. The van der Waals surface area contributed by atoms with E-state index in [2.05, 4.69) is 32.0 Å². The molecule has 0 fully saturated rings. The number of alkyl halides is 1. The molecule has 0 bridgehead atoms. The van der Waals surface area contributed by atoms with E-state index in [4.69, 9.17) is 5.26 Å². The number of nitrogens with zero attached hydrogens (tertiary/aromatic N) is 4. The fraction of sp³-hybridized carbons (Fsp3) is 0.636. The lowest BCUT2D eigenvalue weighted by atomic mass is 10.2. The number of anilines is 1. The van der Waals surface area contributed by atoms with Crippen LogP contribution in [0.2, 0.25) is 0 Å². The van der Waals surface area contributed by atoms with E-state index in [-0.39, 0.29) is 6.04 Å². The zero-order valence-electron chi connectivity index (χ0n) is 10.2. The monoisotopic (exact) mass is 284 g/mol. The molecule has 0 saturated heterocycles. The molecule has 0 aliphatic rings. The highest BCUT2D eigenvalue weighted by Gasteiger charge is 2.19. The van der Waals surface area contributed by atoms with Gasteiger partial charge in [0.05, 0.1) is 18.2 Å². The number of hydrogen-bond donors (Lipinski definition) is 0. The molecule has 1 heterocycles. The van der Waals surface area contributed by atoms with Crippen LogP contribution in [0.25, 0.3) is 0 Å². The summed E-state index contributed by atoms with van der Waals surface area (Å²) >= 11 is 3.48. The summed E-state index contributed by atoms with van der Waals surface area (Å²) in [5.41, 5.74) is 2.22. The predicted octanol–water partition coefficient (Wildman–Crippen LogP) is 2.36. The van der Waals surface area contributed by atoms with Gasteiger partial charge in [-0.15, -0.1) is 0 Å². The van der Waals surface area contributed by atoms with Crippen molar-refractivity contribution in [3.05, 3.63) is 11.3 Å². The largest absolute Gasteiger partial charge is 0.356 e. The minimum absolute atomic E-state index is 0.192. The molecule has 0 radical (unpaired) electrons. The molecule has 1 atom stereocenters. The molecule has 1 aromatic heterocycles. The Morgan fingerprint density at radius 1 is 1.62 bits per heavy atom. The Bertz CT molecular complexity index is 405. The van der Waals surface area contributed by atoms with Gasteiger partial charge in [-0.25, -0.2) is 0 Å². The first-order chi connectivity index (χ1) is 7.52. The Morgan fingerprint density at radius 2 is 2.25 bits per heavy atom. The van der Waals surface area contributed by atoms with E-state index < -0.39 is 0 Å². The second-order valence-corrected chi connectivity index (χ2v) is 4.53. The molecule has 0 amide bonds. The van der Waals surface area contributed by atoms with E-state index in [0.717, 1.165) is 16.8 Å². The summed E-state index contributed by atoms with van der Waals surface area (Å²) in [5, 5.41) is 13.9. The third kappa shape index (κ3) is 2.38. The Hall–Kier alpha value is -1.02. The van der Waals surface area contributed by atoms with Gasteiger partial charge >= 0.3 is 0 Å². The summed E-state index contributed by atoms with van der Waals surface area (Å²) in [7, 11) is 3.94. The van der Waals surface area contributed by atoms with Gasteiger partial charge in [0.25, 0.3) is 0 Å². The number of aromatic nitrogens is 2. The van der Waals surface area contributed by atoms with Crippen molar-refractivity contribution in [2.24, 2.45) is 7.05 Å². The highest BCUT2D eigenvalue weighted by molar-refractivity contribution is 9.08.